The van der Waals surface area contributed by atoms with Crippen LogP contribution in [0.3, 0.4) is 0 Å². The minimum absolute atomic E-state index is 0.103. The lowest BCUT2D eigenvalue weighted by atomic mass is 10.1. The Labute approximate surface area is 123 Å². The summed E-state index contributed by atoms with van der Waals surface area (Å²) in [5.41, 5.74) is 9.24. The smallest absolute Gasteiger partial charge is 0.267 e. The molecule has 0 fully saturated rings. The fourth-order valence-electron chi connectivity index (χ4n) is 2.27. The molecule has 106 valence electrons. The van der Waals surface area contributed by atoms with Crippen molar-refractivity contribution in [3.8, 4) is 0 Å². The third kappa shape index (κ3) is 2.95. The molecule has 21 heavy (non-hydrogen) atoms. The Hall–Kier alpha value is -2.59. The van der Waals surface area contributed by atoms with Gasteiger partial charge in [0.1, 0.15) is 5.69 Å². The fourth-order valence-corrected chi connectivity index (χ4v) is 2.27. The maximum Gasteiger partial charge on any atom is 0.267 e. The molecule has 0 saturated heterocycles. The van der Waals surface area contributed by atoms with Gasteiger partial charge in [-0.1, -0.05) is 42.5 Å². The quantitative estimate of drug-likeness (QED) is 0.687. The second kappa shape index (κ2) is 5.81. The molecule has 1 heterocycles. The molecule has 2 aromatic carbocycles. The molecule has 0 radical (unpaired) electrons. The van der Waals surface area contributed by atoms with Crippen LogP contribution >= 0.6 is 0 Å². The zero-order valence-electron chi connectivity index (χ0n) is 11.6. The summed E-state index contributed by atoms with van der Waals surface area (Å²) in [5, 5.41) is 3.95. The molecule has 3 rings (SSSR count). The van der Waals surface area contributed by atoms with Gasteiger partial charge in [0.15, 0.2) is 0 Å². The van der Waals surface area contributed by atoms with Crippen LogP contribution in [0.15, 0.2) is 54.6 Å². The Morgan fingerprint density at radius 3 is 2.48 bits per heavy atom. The third-order valence-electron chi connectivity index (χ3n) is 3.49. The Morgan fingerprint density at radius 2 is 1.76 bits per heavy atom. The van der Waals surface area contributed by atoms with Gasteiger partial charge in [-0.15, -0.1) is 0 Å². The van der Waals surface area contributed by atoms with Gasteiger partial charge in [-0.3, -0.25) is 4.79 Å². The number of carbonyl (C=O) groups excluding carboxylic acids is 1. The van der Waals surface area contributed by atoms with Gasteiger partial charge >= 0.3 is 0 Å². The van der Waals surface area contributed by atoms with Crippen molar-refractivity contribution in [2.24, 2.45) is 5.73 Å². The number of para-hydroxylation sites is 1. The molecule has 1 amide bonds. The Morgan fingerprint density at radius 1 is 1.05 bits per heavy atom. The molecule has 4 heteroatoms. The molecule has 1 aromatic heterocycles. The molecule has 0 aliphatic heterocycles. The van der Waals surface area contributed by atoms with Crippen molar-refractivity contribution in [2.75, 3.05) is 0 Å². The summed E-state index contributed by atoms with van der Waals surface area (Å²) >= 11 is 0. The molecule has 0 atom stereocenters. The fraction of sp³-hybridized carbons (Fsp3) is 0.118. The van der Waals surface area contributed by atoms with Crippen molar-refractivity contribution in [3.05, 3.63) is 71.4 Å². The van der Waals surface area contributed by atoms with Gasteiger partial charge < -0.3 is 16.0 Å². The predicted octanol–water partition coefficient (Wildman–Crippen LogP) is 2.56. The predicted molar refractivity (Wildman–Crippen MR) is 83.8 cm³/mol. The number of H-pyrrole nitrogens is 1. The lowest BCUT2D eigenvalue weighted by Gasteiger charge is -2.05. The van der Waals surface area contributed by atoms with Crippen LogP contribution in [0, 0.1) is 0 Å². The van der Waals surface area contributed by atoms with Gasteiger partial charge in [-0.25, -0.2) is 0 Å². The van der Waals surface area contributed by atoms with Gasteiger partial charge in [0.25, 0.3) is 5.91 Å². The third-order valence-corrected chi connectivity index (χ3v) is 3.49. The van der Waals surface area contributed by atoms with Crippen molar-refractivity contribution < 1.29 is 4.79 Å². The van der Waals surface area contributed by atoms with Gasteiger partial charge in [-0.05, 0) is 23.3 Å². The van der Waals surface area contributed by atoms with Gasteiger partial charge in [0, 0.05) is 24.0 Å². The SMILES string of the molecule is NCc1ccc(CNC(=O)c2cc3ccccc3[nH]2)cc1. The number of amides is 1. The van der Waals surface area contributed by atoms with Crippen molar-refractivity contribution >= 4 is 16.8 Å². The van der Waals surface area contributed by atoms with Gasteiger partial charge in [0.2, 0.25) is 0 Å². The highest BCUT2D eigenvalue weighted by molar-refractivity contribution is 5.97. The number of nitrogens with one attached hydrogen (secondary N) is 2. The summed E-state index contributed by atoms with van der Waals surface area (Å²) in [5.74, 6) is -0.103. The number of hydrogen-bond acceptors (Lipinski definition) is 2. The monoisotopic (exact) mass is 279 g/mol. The molecule has 0 bridgehead atoms. The summed E-state index contributed by atoms with van der Waals surface area (Å²) < 4.78 is 0. The number of carbonyl (C=O) groups is 1. The molecule has 0 aliphatic carbocycles. The maximum absolute atomic E-state index is 12.1. The van der Waals surface area contributed by atoms with E-state index in [1.165, 1.54) is 0 Å². The van der Waals surface area contributed by atoms with Crippen molar-refractivity contribution in [1.29, 1.82) is 0 Å². The number of benzene rings is 2. The van der Waals surface area contributed by atoms with Crippen LogP contribution in [0.5, 0.6) is 0 Å². The van der Waals surface area contributed by atoms with E-state index in [9.17, 15) is 4.79 Å². The number of rotatable bonds is 4. The Balaban J connectivity index is 1.68. The molecule has 0 spiro atoms. The molecule has 0 unspecified atom stereocenters. The molecule has 3 aromatic rings. The molecule has 0 saturated carbocycles. The van der Waals surface area contributed by atoms with Crippen LogP contribution in [0.4, 0.5) is 0 Å². The second-order valence-corrected chi connectivity index (χ2v) is 4.97. The standard InChI is InChI=1S/C17H17N3O/c18-10-12-5-7-13(8-6-12)11-19-17(21)16-9-14-3-1-2-4-15(14)20-16/h1-9,20H,10-11,18H2,(H,19,21). The van der Waals surface area contributed by atoms with Crippen molar-refractivity contribution in [3.63, 3.8) is 0 Å². The van der Waals surface area contributed by atoms with E-state index >= 15 is 0 Å². The topological polar surface area (TPSA) is 70.9 Å². The van der Waals surface area contributed by atoms with E-state index in [0.717, 1.165) is 22.0 Å². The number of hydrogen-bond donors (Lipinski definition) is 3. The Kier molecular flexibility index (Phi) is 3.71. The summed E-state index contributed by atoms with van der Waals surface area (Å²) in [6.07, 6.45) is 0. The van der Waals surface area contributed by atoms with Gasteiger partial charge in [-0.2, -0.15) is 0 Å². The lowest BCUT2D eigenvalue weighted by molar-refractivity contribution is 0.0947. The molecule has 4 N–H and O–H groups in total. The first-order valence-electron chi connectivity index (χ1n) is 6.90. The highest BCUT2D eigenvalue weighted by Crippen LogP contribution is 2.14. The van der Waals surface area contributed by atoms with Crippen LogP contribution < -0.4 is 11.1 Å². The van der Waals surface area contributed by atoms with Crippen LogP contribution in [0.2, 0.25) is 0 Å². The average molecular weight is 279 g/mol. The van der Waals surface area contributed by atoms with Crippen molar-refractivity contribution in [2.45, 2.75) is 13.1 Å². The largest absolute Gasteiger partial charge is 0.351 e. The van der Waals surface area contributed by atoms with E-state index in [2.05, 4.69) is 10.3 Å². The van der Waals surface area contributed by atoms with Gasteiger partial charge in [0.05, 0.1) is 0 Å². The minimum Gasteiger partial charge on any atom is -0.351 e. The van der Waals surface area contributed by atoms with Crippen LogP contribution in [0.25, 0.3) is 10.9 Å². The summed E-state index contributed by atoms with van der Waals surface area (Å²) in [6, 6.07) is 17.6. The summed E-state index contributed by atoms with van der Waals surface area (Å²) in [7, 11) is 0. The zero-order chi connectivity index (χ0) is 14.7. The van der Waals surface area contributed by atoms with Crippen LogP contribution in [-0.2, 0) is 13.1 Å². The van der Waals surface area contributed by atoms with E-state index in [-0.39, 0.29) is 5.91 Å². The number of aromatic amines is 1. The number of fused-ring (bicyclic) bond motifs is 1. The lowest BCUT2D eigenvalue weighted by Crippen LogP contribution is -2.23. The molecular weight excluding hydrogens is 262 g/mol. The van der Waals surface area contributed by atoms with E-state index < -0.39 is 0 Å². The van der Waals surface area contributed by atoms with E-state index in [1.807, 2.05) is 54.6 Å². The minimum atomic E-state index is -0.103. The van der Waals surface area contributed by atoms with Crippen molar-refractivity contribution in [1.82, 2.24) is 10.3 Å². The highest BCUT2D eigenvalue weighted by Gasteiger charge is 2.08. The van der Waals surface area contributed by atoms with Crippen LogP contribution in [0.1, 0.15) is 21.6 Å². The molecule has 0 aliphatic rings. The van der Waals surface area contributed by atoms with E-state index in [4.69, 9.17) is 5.73 Å². The first-order chi connectivity index (χ1) is 10.3. The molecular formula is C17H17N3O. The highest BCUT2D eigenvalue weighted by atomic mass is 16.1. The number of aromatic nitrogens is 1. The summed E-state index contributed by atoms with van der Waals surface area (Å²) in [6.45, 7) is 1.03. The first-order valence-corrected chi connectivity index (χ1v) is 6.90. The van der Waals surface area contributed by atoms with E-state index in [1.54, 1.807) is 0 Å². The van der Waals surface area contributed by atoms with E-state index in [0.29, 0.717) is 18.8 Å². The molecule has 4 nitrogen and oxygen atoms in total. The Bertz CT molecular complexity index is 726. The summed E-state index contributed by atoms with van der Waals surface area (Å²) in [4.78, 5) is 15.3. The van der Waals surface area contributed by atoms with Crippen LogP contribution in [-0.4, -0.2) is 10.9 Å². The first kappa shape index (κ1) is 13.4. The number of nitrogens with two attached hydrogens (primary N) is 1. The zero-order valence-corrected chi connectivity index (χ0v) is 11.6. The average Bonchev–Trinajstić information content (AvgIpc) is 2.97. The maximum atomic E-state index is 12.1. The normalized spacial score (nSPS) is 10.7. The second-order valence-electron chi connectivity index (χ2n) is 4.97.